The van der Waals surface area contributed by atoms with Crippen molar-refractivity contribution < 1.29 is 9.53 Å². The molecule has 34 heavy (non-hydrogen) atoms. The highest BCUT2D eigenvalue weighted by atomic mass is 32.1. The first-order valence-corrected chi connectivity index (χ1v) is 10.9. The molecule has 0 bridgehead atoms. The molecule has 3 heterocycles. The van der Waals surface area contributed by atoms with Crippen LogP contribution in [0.2, 0.25) is 0 Å². The monoisotopic (exact) mass is 448 g/mol. The molecule has 0 saturated carbocycles. The summed E-state index contributed by atoms with van der Waals surface area (Å²) < 4.78 is 5.14. The van der Waals surface area contributed by atoms with E-state index in [-0.39, 0.29) is 5.82 Å². The summed E-state index contributed by atoms with van der Waals surface area (Å²) in [7, 11) is 47.5. The maximum atomic E-state index is 12.9. The highest BCUT2D eigenvalue weighted by Gasteiger charge is 2.57. The quantitative estimate of drug-likeness (QED) is 0.515. The number of amides is 1. The van der Waals surface area contributed by atoms with Crippen molar-refractivity contribution in [1.82, 2.24) is 14.9 Å². The van der Waals surface area contributed by atoms with Gasteiger partial charge in [0, 0.05) is 17.8 Å². The Kier molecular flexibility index (Phi) is 6.23. The number of ether oxygens (including phenoxy) is 1. The van der Waals surface area contributed by atoms with Crippen LogP contribution in [0, 0.1) is 6.92 Å². The lowest BCUT2D eigenvalue weighted by molar-refractivity contribution is -0.131. The summed E-state index contributed by atoms with van der Waals surface area (Å²) in [5.74, 6) is -0.365. The lowest BCUT2D eigenvalue weighted by Gasteiger charge is -2.70. The van der Waals surface area contributed by atoms with Gasteiger partial charge in [0.05, 0.1) is 79.2 Å². The van der Waals surface area contributed by atoms with E-state index in [0.717, 1.165) is 31.1 Å². The number of rotatable bonds is 4. The number of aryl methyl sites for hydroxylation is 1. The Bertz CT molecular complexity index is 1240. The molecule has 0 spiro atoms. The molecule has 1 aliphatic rings. The summed E-state index contributed by atoms with van der Waals surface area (Å²) in [6, 6.07) is 7.61. The molecule has 2 aromatic heterocycles. The second-order valence-electron chi connectivity index (χ2n) is 8.35. The first-order valence-electron chi connectivity index (χ1n) is 10.1. The van der Waals surface area contributed by atoms with Crippen LogP contribution in [0.25, 0.3) is 21.2 Å². The standard InChI is InChI=1S/C19H12B8N4O2S/c1-9-28-7-13(34-9)10-2-3-11-6-29-14(5-12(11)4-10)30-15(32)8-31-16(20,21)18(24,25)33-19(26,27)17(31,22)23/h2-7H,8H2,1H3,(H,29,30,32). The molecule has 0 aliphatic carbocycles. The Morgan fingerprint density at radius 2 is 1.62 bits per heavy atom. The fraction of sp³-hybridized carbons (Fsp3) is 0.316. The minimum absolute atomic E-state index is 0.265. The highest BCUT2D eigenvalue weighted by Crippen LogP contribution is 2.39. The molecule has 1 aromatic carbocycles. The maximum absolute atomic E-state index is 12.9. The topological polar surface area (TPSA) is 67.3 Å². The average Bonchev–Trinajstić information content (AvgIpc) is 3.16. The largest absolute Gasteiger partial charge is 0.406 e. The van der Waals surface area contributed by atoms with Gasteiger partial charge in [-0.2, -0.15) is 0 Å². The lowest BCUT2D eigenvalue weighted by atomic mass is 9.30. The number of morpholine rings is 1. The van der Waals surface area contributed by atoms with Gasteiger partial charge in [-0.3, -0.25) is 4.79 Å². The van der Waals surface area contributed by atoms with Crippen LogP contribution in [-0.4, -0.2) is 112 Å². The molecule has 150 valence electrons. The lowest BCUT2D eigenvalue weighted by Crippen LogP contribution is -2.86. The number of nitrogens with zero attached hydrogens (tertiary/aromatic N) is 3. The van der Waals surface area contributed by atoms with Crippen molar-refractivity contribution in [3.05, 3.63) is 41.7 Å². The van der Waals surface area contributed by atoms with E-state index in [4.69, 9.17) is 67.5 Å². The van der Waals surface area contributed by atoms with E-state index in [1.807, 2.05) is 31.3 Å². The van der Waals surface area contributed by atoms with Crippen LogP contribution in [0.15, 0.2) is 36.7 Å². The third kappa shape index (κ3) is 4.31. The van der Waals surface area contributed by atoms with Crippen LogP contribution in [0.5, 0.6) is 0 Å². The van der Waals surface area contributed by atoms with Gasteiger partial charge >= 0.3 is 0 Å². The second kappa shape index (κ2) is 8.38. The Hall–Kier alpha value is -1.83. The Labute approximate surface area is 213 Å². The highest BCUT2D eigenvalue weighted by molar-refractivity contribution is 7.15. The summed E-state index contributed by atoms with van der Waals surface area (Å²) in [5, 5.41) is -3.65. The number of aromatic nitrogens is 2. The summed E-state index contributed by atoms with van der Waals surface area (Å²) in [4.78, 5) is 23.3. The van der Waals surface area contributed by atoms with E-state index in [9.17, 15) is 4.79 Å². The predicted molar refractivity (Wildman–Crippen MR) is 141 cm³/mol. The number of benzene rings is 1. The van der Waals surface area contributed by atoms with Crippen LogP contribution in [0.3, 0.4) is 0 Å². The average molecular weight is 447 g/mol. The summed E-state index contributed by atoms with van der Waals surface area (Å²) in [5.41, 5.74) is 0.992. The zero-order chi connectivity index (χ0) is 25.1. The molecule has 16 radical (unpaired) electrons. The van der Waals surface area contributed by atoms with Crippen molar-refractivity contribution in [2.45, 2.75) is 28.4 Å². The second-order valence-corrected chi connectivity index (χ2v) is 9.58. The Morgan fingerprint density at radius 3 is 2.21 bits per heavy atom. The normalized spacial score (nSPS) is 20.6. The summed E-state index contributed by atoms with van der Waals surface area (Å²) in [6.07, 6.45) is 3.44. The number of hydrogen-bond acceptors (Lipinski definition) is 6. The summed E-state index contributed by atoms with van der Waals surface area (Å²) >= 11 is 1.58. The molecule has 1 N–H and O–H groups in total. The number of hydrogen-bond donors (Lipinski definition) is 1. The number of carbonyl (C=O) groups excluding carboxylic acids is 1. The number of fused-ring (bicyclic) bond motifs is 1. The molecule has 4 rings (SSSR count). The van der Waals surface area contributed by atoms with E-state index in [1.54, 1.807) is 23.6 Å². The van der Waals surface area contributed by atoms with Gasteiger partial charge in [0.1, 0.15) is 5.82 Å². The Morgan fingerprint density at radius 1 is 0.971 bits per heavy atom. The minimum Gasteiger partial charge on any atom is -0.406 e. The van der Waals surface area contributed by atoms with Gasteiger partial charge in [0.15, 0.2) is 0 Å². The molecule has 0 atom stereocenters. The zero-order valence-corrected chi connectivity index (χ0v) is 19.2. The van der Waals surface area contributed by atoms with Crippen molar-refractivity contribution in [2.24, 2.45) is 0 Å². The number of thiazole rings is 1. The van der Waals surface area contributed by atoms with E-state index < -0.39 is 33.9 Å². The third-order valence-electron chi connectivity index (χ3n) is 5.68. The molecule has 1 saturated heterocycles. The SMILES string of the molecule is [B]C1([B])OC([B])([B])C([B])([B])N(CC(=O)Nc2cc3cc(-c4cnc(C)s4)ccc3cn2)C1([B])[B]. The van der Waals surface area contributed by atoms with Crippen LogP contribution >= 0.6 is 11.3 Å². The molecule has 1 amide bonds. The van der Waals surface area contributed by atoms with Crippen molar-refractivity contribution >= 4 is 96.6 Å². The van der Waals surface area contributed by atoms with Crippen molar-refractivity contribution in [1.29, 1.82) is 0 Å². The first kappa shape index (κ1) is 25.3. The minimum atomic E-state index is -2.29. The number of anilines is 1. The molecule has 1 fully saturated rings. The van der Waals surface area contributed by atoms with Gasteiger partial charge in [-0.1, -0.05) is 12.1 Å². The summed E-state index contributed by atoms with van der Waals surface area (Å²) in [6.45, 7) is 1.37. The van der Waals surface area contributed by atoms with Gasteiger partial charge in [0.25, 0.3) is 0 Å². The third-order valence-corrected chi connectivity index (χ3v) is 6.64. The van der Waals surface area contributed by atoms with Gasteiger partial charge in [0.2, 0.25) is 5.91 Å². The molecular weight excluding hydrogens is 435 g/mol. The molecule has 6 nitrogen and oxygen atoms in total. The van der Waals surface area contributed by atoms with E-state index in [0.29, 0.717) is 0 Å². The van der Waals surface area contributed by atoms with Crippen LogP contribution in [-0.2, 0) is 9.53 Å². The van der Waals surface area contributed by atoms with Crippen molar-refractivity contribution in [2.75, 3.05) is 11.9 Å². The van der Waals surface area contributed by atoms with Gasteiger partial charge in [-0.15, -0.1) is 11.3 Å². The fourth-order valence-corrected chi connectivity index (χ4v) is 4.39. The Balaban J connectivity index is 1.58. The van der Waals surface area contributed by atoms with Gasteiger partial charge in [-0.05, 0) is 51.5 Å². The van der Waals surface area contributed by atoms with Crippen LogP contribution in [0.4, 0.5) is 5.82 Å². The number of pyridine rings is 1. The number of carbonyl (C=O) groups is 1. The fourth-order valence-electron chi connectivity index (χ4n) is 3.62. The predicted octanol–water partition coefficient (Wildman–Crippen LogP) is -1.10. The molecule has 15 heteroatoms. The molecule has 1 aliphatic heterocycles. The first-order chi connectivity index (χ1) is 15.6. The van der Waals surface area contributed by atoms with Crippen molar-refractivity contribution in [3.8, 4) is 10.4 Å². The van der Waals surface area contributed by atoms with E-state index >= 15 is 0 Å². The van der Waals surface area contributed by atoms with Crippen molar-refractivity contribution in [3.63, 3.8) is 0 Å². The molecule has 0 unspecified atom stereocenters. The van der Waals surface area contributed by atoms with E-state index in [2.05, 4.69) is 15.3 Å². The van der Waals surface area contributed by atoms with Crippen LogP contribution < -0.4 is 5.32 Å². The number of nitrogens with one attached hydrogen (secondary N) is 1. The van der Waals surface area contributed by atoms with Gasteiger partial charge < -0.3 is 15.0 Å². The maximum Gasteiger partial charge on any atom is 0.239 e. The van der Waals surface area contributed by atoms with E-state index in [1.165, 1.54) is 0 Å². The zero-order valence-electron chi connectivity index (χ0n) is 18.4. The molecule has 3 aromatic rings. The smallest absolute Gasteiger partial charge is 0.239 e. The van der Waals surface area contributed by atoms with Gasteiger partial charge in [-0.25, -0.2) is 9.97 Å². The molecular formula is C19H12B8N4O2S. The van der Waals surface area contributed by atoms with Crippen LogP contribution in [0.1, 0.15) is 5.01 Å².